The minimum absolute atomic E-state index is 0.0585. The van der Waals surface area contributed by atoms with Crippen molar-refractivity contribution >= 4 is 0 Å². The zero-order valence-corrected chi connectivity index (χ0v) is 12.4. The van der Waals surface area contributed by atoms with Crippen LogP contribution in [0.25, 0.3) is 0 Å². The average molecular weight is 280 g/mol. The molecule has 0 aromatic heterocycles. The molecule has 0 radical (unpaired) electrons. The van der Waals surface area contributed by atoms with Crippen LogP contribution in [0, 0.1) is 5.82 Å². The predicted molar refractivity (Wildman–Crippen MR) is 79.3 cm³/mol. The van der Waals surface area contributed by atoms with Crippen molar-refractivity contribution in [2.75, 3.05) is 33.8 Å². The number of nitrogens with zero attached hydrogens (tertiary/aromatic N) is 1. The first-order valence-corrected chi connectivity index (χ1v) is 7.42. The van der Waals surface area contributed by atoms with E-state index in [9.17, 15) is 4.39 Å². The zero-order valence-electron chi connectivity index (χ0n) is 12.4. The van der Waals surface area contributed by atoms with E-state index >= 15 is 0 Å². The van der Waals surface area contributed by atoms with Gasteiger partial charge in [0, 0.05) is 24.8 Å². The number of ether oxygens (including phenoxy) is 1. The van der Waals surface area contributed by atoms with Crippen LogP contribution in [0.15, 0.2) is 24.3 Å². The molecule has 0 aliphatic carbocycles. The van der Waals surface area contributed by atoms with Gasteiger partial charge in [0.25, 0.3) is 0 Å². The molecule has 0 amide bonds. The molecule has 2 atom stereocenters. The van der Waals surface area contributed by atoms with Gasteiger partial charge < -0.3 is 15.0 Å². The quantitative estimate of drug-likeness (QED) is 0.831. The van der Waals surface area contributed by atoms with Crippen LogP contribution in [0.1, 0.15) is 30.9 Å². The Morgan fingerprint density at radius 2 is 2.25 bits per heavy atom. The molecule has 1 N–H and O–H groups in total. The third-order valence-electron chi connectivity index (χ3n) is 3.97. The molecule has 0 saturated carbocycles. The first kappa shape index (κ1) is 15.4. The highest BCUT2D eigenvalue weighted by molar-refractivity contribution is 5.21. The number of benzene rings is 1. The minimum Gasteiger partial charge on any atom is -0.377 e. The molecule has 0 spiro atoms. The van der Waals surface area contributed by atoms with Gasteiger partial charge >= 0.3 is 0 Å². The van der Waals surface area contributed by atoms with Gasteiger partial charge in [-0.2, -0.15) is 0 Å². The van der Waals surface area contributed by atoms with Crippen LogP contribution in [0.3, 0.4) is 0 Å². The minimum atomic E-state index is -0.131. The zero-order chi connectivity index (χ0) is 14.4. The molecule has 20 heavy (non-hydrogen) atoms. The van der Waals surface area contributed by atoms with Crippen LogP contribution >= 0.6 is 0 Å². The summed E-state index contributed by atoms with van der Waals surface area (Å²) in [6, 6.07) is 7.06. The molecule has 0 bridgehead atoms. The molecule has 3 nitrogen and oxygen atoms in total. The third kappa shape index (κ3) is 4.27. The van der Waals surface area contributed by atoms with Crippen molar-refractivity contribution in [3.8, 4) is 0 Å². The van der Waals surface area contributed by atoms with Crippen LogP contribution in [0.5, 0.6) is 0 Å². The van der Waals surface area contributed by atoms with Crippen LogP contribution < -0.4 is 5.32 Å². The number of halogens is 1. The van der Waals surface area contributed by atoms with E-state index in [0.29, 0.717) is 6.10 Å². The van der Waals surface area contributed by atoms with Crippen molar-refractivity contribution < 1.29 is 9.13 Å². The average Bonchev–Trinajstić information content (AvgIpc) is 2.94. The highest BCUT2D eigenvalue weighted by Crippen LogP contribution is 2.20. The Morgan fingerprint density at radius 3 is 2.90 bits per heavy atom. The van der Waals surface area contributed by atoms with Crippen LogP contribution in [0.4, 0.5) is 4.39 Å². The Balaban J connectivity index is 1.82. The monoisotopic (exact) mass is 280 g/mol. The fraction of sp³-hybridized carbons (Fsp3) is 0.625. The molecule has 1 heterocycles. The second kappa shape index (κ2) is 7.72. The van der Waals surface area contributed by atoms with Crippen molar-refractivity contribution in [3.63, 3.8) is 0 Å². The Hall–Kier alpha value is -0.970. The molecule has 1 aromatic rings. The van der Waals surface area contributed by atoms with E-state index in [2.05, 4.69) is 17.3 Å². The SMILES string of the molecule is CNC(CCN(C)CC1CCCO1)c1ccccc1F. The van der Waals surface area contributed by atoms with Crippen LogP contribution in [-0.2, 0) is 4.74 Å². The van der Waals surface area contributed by atoms with E-state index in [1.807, 2.05) is 19.2 Å². The predicted octanol–water partition coefficient (Wildman–Crippen LogP) is 2.59. The summed E-state index contributed by atoms with van der Waals surface area (Å²) >= 11 is 0. The second-order valence-electron chi connectivity index (χ2n) is 5.55. The summed E-state index contributed by atoms with van der Waals surface area (Å²) in [6.45, 7) is 2.79. The number of nitrogens with one attached hydrogen (secondary N) is 1. The van der Waals surface area contributed by atoms with Crippen molar-refractivity contribution in [3.05, 3.63) is 35.6 Å². The lowest BCUT2D eigenvalue weighted by Crippen LogP contribution is -2.31. The summed E-state index contributed by atoms with van der Waals surface area (Å²) in [7, 11) is 3.99. The molecule has 1 aliphatic heterocycles. The van der Waals surface area contributed by atoms with Gasteiger partial charge in [-0.05, 0) is 46.0 Å². The molecule has 112 valence electrons. The summed E-state index contributed by atoms with van der Waals surface area (Å²) < 4.78 is 19.4. The van der Waals surface area contributed by atoms with Gasteiger partial charge in [-0.15, -0.1) is 0 Å². The summed E-state index contributed by atoms with van der Waals surface area (Å²) in [5.74, 6) is -0.131. The van der Waals surface area contributed by atoms with E-state index in [0.717, 1.165) is 38.1 Å². The lowest BCUT2D eigenvalue weighted by Gasteiger charge is -2.24. The highest BCUT2D eigenvalue weighted by Gasteiger charge is 2.19. The maximum atomic E-state index is 13.8. The standard InChI is InChI=1S/C16H25FN2O/c1-18-16(14-7-3-4-8-15(14)17)9-10-19(2)12-13-6-5-11-20-13/h3-4,7-8,13,16,18H,5-6,9-12H2,1-2H3. The van der Waals surface area contributed by atoms with Gasteiger partial charge in [0.1, 0.15) is 5.82 Å². The van der Waals surface area contributed by atoms with E-state index < -0.39 is 0 Å². The van der Waals surface area contributed by atoms with Crippen molar-refractivity contribution in [1.82, 2.24) is 10.2 Å². The fourth-order valence-corrected chi connectivity index (χ4v) is 2.79. The Bertz CT molecular complexity index is 407. The summed E-state index contributed by atoms with van der Waals surface area (Å²) in [5.41, 5.74) is 0.750. The molecular formula is C16H25FN2O. The van der Waals surface area contributed by atoms with Crippen molar-refractivity contribution in [2.24, 2.45) is 0 Å². The highest BCUT2D eigenvalue weighted by atomic mass is 19.1. The van der Waals surface area contributed by atoms with Gasteiger partial charge in [-0.1, -0.05) is 18.2 Å². The largest absolute Gasteiger partial charge is 0.377 e. The normalized spacial score (nSPS) is 20.5. The maximum absolute atomic E-state index is 13.8. The molecule has 2 unspecified atom stereocenters. The smallest absolute Gasteiger partial charge is 0.127 e. The van der Waals surface area contributed by atoms with Crippen molar-refractivity contribution in [2.45, 2.75) is 31.4 Å². The first-order valence-electron chi connectivity index (χ1n) is 7.42. The van der Waals surface area contributed by atoms with Crippen molar-refractivity contribution in [1.29, 1.82) is 0 Å². The molecule has 1 aromatic carbocycles. The molecule has 1 fully saturated rings. The second-order valence-corrected chi connectivity index (χ2v) is 5.55. The van der Waals surface area contributed by atoms with E-state index in [-0.39, 0.29) is 11.9 Å². The number of likely N-dealkylation sites (N-methyl/N-ethyl adjacent to an activating group) is 1. The van der Waals surface area contributed by atoms with Gasteiger partial charge in [0.05, 0.1) is 6.10 Å². The Morgan fingerprint density at radius 1 is 1.45 bits per heavy atom. The summed E-state index contributed by atoms with van der Waals surface area (Å²) in [4.78, 5) is 2.28. The lowest BCUT2D eigenvalue weighted by molar-refractivity contribution is 0.0801. The van der Waals surface area contributed by atoms with E-state index in [4.69, 9.17) is 4.74 Å². The van der Waals surface area contributed by atoms with Gasteiger partial charge in [0.15, 0.2) is 0 Å². The maximum Gasteiger partial charge on any atom is 0.127 e. The van der Waals surface area contributed by atoms with Crippen LogP contribution in [0.2, 0.25) is 0 Å². The Labute approximate surface area is 121 Å². The van der Waals surface area contributed by atoms with Gasteiger partial charge in [0.2, 0.25) is 0 Å². The van der Waals surface area contributed by atoms with Crippen LogP contribution in [-0.4, -0.2) is 44.8 Å². The van der Waals surface area contributed by atoms with Gasteiger partial charge in [-0.25, -0.2) is 4.39 Å². The lowest BCUT2D eigenvalue weighted by atomic mass is 10.0. The molecule has 1 aliphatic rings. The fourth-order valence-electron chi connectivity index (χ4n) is 2.79. The van der Waals surface area contributed by atoms with Gasteiger partial charge in [-0.3, -0.25) is 0 Å². The third-order valence-corrected chi connectivity index (χ3v) is 3.97. The summed E-state index contributed by atoms with van der Waals surface area (Å²) in [6.07, 6.45) is 3.60. The number of rotatable bonds is 7. The molecular weight excluding hydrogens is 255 g/mol. The molecule has 4 heteroatoms. The molecule has 1 saturated heterocycles. The summed E-state index contributed by atoms with van der Waals surface area (Å²) in [5, 5.41) is 3.21. The number of hydrogen-bond donors (Lipinski definition) is 1. The molecule has 2 rings (SSSR count). The number of hydrogen-bond acceptors (Lipinski definition) is 3. The van der Waals surface area contributed by atoms with E-state index in [1.165, 1.54) is 12.5 Å². The van der Waals surface area contributed by atoms with E-state index in [1.54, 1.807) is 6.07 Å². The first-order chi connectivity index (χ1) is 9.70. The topological polar surface area (TPSA) is 24.5 Å². The Kier molecular flexibility index (Phi) is 5.95.